The van der Waals surface area contributed by atoms with Crippen LogP contribution in [0, 0.1) is 0 Å². The van der Waals surface area contributed by atoms with Crippen molar-refractivity contribution in [3.63, 3.8) is 0 Å². The number of methoxy groups -OCH3 is 1. The Hall–Kier alpha value is -1.60. The number of hydrogen-bond donors (Lipinski definition) is 3. The van der Waals surface area contributed by atoms with Crippen molar-refractivity contribution in [1.29, 1.82) is 0 Å². The first-order valence-electron chi connectivity index (χ1n) is 4.86. The highest BCUT2D eigenvalue weighted by Crippen LogP contribution is 2.23. The number of carboxylic acid groups (broad SMARTS) is 1. The van der Waals surface area contributed by atoms with Crippen molar-refractivity contribution in [3.8, 4) is 5.75 Å². The third-order valence-corrected chi connectivity index (χ3v) is 2.94. The lowest BCUT2D eigenvalue weighted by molar-refractivity contribution is -0.146. The lowest BCUT2D eigenvalue weighted by Crippen LogP contribution is -2.29. The lowest BCUT2D eigenvalue weighted by Gasteiger charge is -2.07. The Morgan fingerprint density at radius 1 is 1.59 bits per heavy atom. The van der Waals surface area contributed by atoms with Gasteiger partial charge in [-0.15, -0.1) is 11.3 Å². The number of aliphatic hydroxyl groups excluding tert-OH is 1. The molecule has 1 heterocycles. The number of carbonyl (C=O) groups is 2. The van der Waals surface area contributed by atoms with E-state index in [2.05, 4.69) is 5.32 Å². The number of thiophene rings is 1. The van der Waals surface area contributed by atoms with Gasteiger partial charge < -0.3 is 20.3 Å². The van der Waals surface area contributed by atoms with Gasteiger partial charge >= 0.3 is 5.97 Å². The smallest absolute Gasteiger partial charge is 0.332 e. The zero-order chi connectivity index (χ0) is 12.8. The molecule has 94 valence electrons. The molecular weight excluding hydrogens is 246 g/mol. The van der Waals surface area contributed by atoms with Gasteiger partial charge in [0.1, 0.15) is 10.6 Å². The topological polar surface area (TPSA) is 95.9 Å². The first-order valence-corrected chi connectivity index (χ1v) is 5.74. The van der Waals surface area contributed by atoms with Crippen LogP contribution in [0.15, 0.2) is 11.4 Å². The average molecular weight is 259 g/mol. The number of hydrogen-bond acceptors (Lipinski definition) is 5. The van der Waals surface area contributed by atoms with Crippen LogP contribution >= 0.6 is 11.3 Å². The number of carbonyl (C=O) groups excluding carboxylic acids is 1. The van der Waals surface area contributed by atoms with Crippen molar-refractivity contribution in [2.45, 2.75) is 12.5 Å². The number of ether oxygens (including phenoxy) is 1. The summed E-state index contributed by atoms with van der Waals surface area (Å²) in [5.41, 5.74) is 0. The van der Waals surface area contributed by atoms with E-state index in [1.165, 1.54) is 18.4 Å². The minimum atomic E-state index is -1.46. The van der Waals surface area contributed by atoms with E-state index in [9.17, 15) is 9.59 Å². The molecule has 1 rings (SSSR count). The number of amides is 1. The van der Waals surface area contributed by atoms with Gasteiger partial charge in [0.15, 0.2) is 6.10 Å². The summed E-state index contributed by atoms with van der Waals surface area (Å²) in [6, 6.07) is 1.67. The maximum absolute atomic E-state index is 11.6. The van der Waals surface area contributed by atoms with Gasteiger partial charge in [0.25, 0.3) is 5.91 Å². The molecule has 0 aliphatic rings. The maximum atomic E-state index is 11.6. The Morgan fingerprint density at radius 2 is 2.29 bits per heavy atom. The van der Waals surface area contributed by atoms with Crippen LogP contribution in [-0.2, 0) is 4.79 Å². The molecular formula is C10H13NO5S. The van der Waals surface area contributed by atoms with Crippen LogP contribution in [0.3, 0.4) is 0 Å². The van der Waals surface area contributed by atoms with Crippen LogP contribution in [-0.4, -0.2) is 41.8 Å². The summed E-state index contributed by atoms with van der Waals surface area (Å²) in [6.07, 6.45) is -1.49. The zero-order valence-corrected chi connectivity index (χ0v) is 9.99. The molecule has 0 saturated carbocycles. The van der Waals surface area contributed by atoms with Gasteiger partial charge in [-0.1, -0.05) is 0 Å². The van der Waals surface area contributed by atoms with Crippen molar-refractivity contribution in [2.24, 2.45) is 0 Å². The fourth-order valence-electron chi connectivity index (χ4n) is 1.15. The fraction of sp³-hybridized carbons (Fsp3) is 0.400. The highest BCUT2D eigenvalue weighted by Gasteiger charge is 2.16. The molecule has 0 fully saturated rings. The molecule has 1 atom stereocenters. The summed E-state index contributed by atoms with van der Waals surface area (Å²) in [7, 11) is 1.47. The second-order valence-electron chi connectivity index (χ2n) is 3.22. The predicted octanol–water partition coefficient (Wildman–Crippen LogP) is 0.322. The molecule has 17 heavy (non-hydrogen) atoms. The van der Waals surface area contributed by atoms with Gasteiger partial charge in [0.2, 0.25) is 0 Å². The van der Waals surface area contributed by atoms with Crippen LogP contribution in [0.1, 0.15) is 16.1 Å². The molecule has 0 radical (unpaired) electrons. The van der Waals surface area contributed by atoms with E-state index in [4.69, 9.17) is 14.9 Å². The van der Waals surface area contributed by atoms with E-state index in [1.54, 1.807) is 11.4 Å². The van der Waals surface area contributed by atoms with Crippen molar-refractivity contribution < 1.29 is 24.5 Å². The standard InChI is InChI=1S/C10H13NO5S/c1-16-7-3-5-17-8(7)9(13)11-4-2-6(12)10(14)15/h3,5-6,12H,2,4H2,1H3,(H,11,13)(H,14,15)/t6-/m0/s1. The third kappa shape index (κ3) is 3.72. The molecule has 0 spiro atoms. The maximum Gasteiger partial charge on any atom is 0.332 e. The molecule has 0 saturated heterocycles. The van der Waals surface area contributed by atoms with Gasteiger partial charge in [-0.2, -0.15) is 0 Å². The first-order chi connectivity index (χ1) is 8.06. The second-order valence-corrected chi connectivity index (χ2v) is 4.13. The van der Waals surface area contributed by atoms with E-state index in [1.807, 2.05) is 0 Å². The molecule has 0 aliphatic carbocycles. The van der Waals surface area contributed by atoms with Crippen molar-refractivity contribution in [1.82, 2.24) is 5.32 Å². The van der Waals surface area contributed by atoms with E-state index in [0.717, 1.165) is 0 Å². The largest absolute Gasteiger partial charge is 0.495 e. The highest BCUT2D eigenvalue weighted by molar-refractivity contribution is 7.12. The molecule has 0 bridgehead atoms. The summed E-state index contributed by atoms with van der Waals surface area (Å²) in [5, 5.41) is 21.7. The number of nitrogens with one attached hydrogen (secondary N) is 1. The first kappa shape index (κ1) is 13.5. The summed E-state index contributed by atoms with van der Waals surface area (Å²) >= 11 is 1.23. The van der Waals surface area contributed by atoms with Crippen molar-refractivity contribution in [2.75, 3.05) is 13.7 Å². The Morgan fingerprint density at radius 3 is 2.88 bits per heavy atom. The molecule has 3 N–H and O–H groups in total. The number of rotatable bonds is 6. The van der Waals surface area contributed by atoms with Gasteiger partial charge in [-0.25, -0.2) is 4.79 Å². The fourth-order valence-corrected chi connectivity index (χ4v) is 1.92. The van der Waals surface area contributed by atoms with E-state index < -0.39 is 12.1 Å². The van der Waals surface area contributed by atoms with Crippen molar-refractivity contribution in [3.05, 3.63) is 16.3 Å². The molecule has 0 unspecified atom stereocenters. The zero-order valence-electron chi connectivity index (χ0n) is 9.17. The van der Waals surface area contributed by atoms with Crippen LogP contribution in [0.2, 0.25) is 0 Å². The molecule has 7 heteroatoms. The van der Waals surface area contributed by atoms with Crippen LogP contribution in [0.5, 0.6) is 5.75 Å². The summed E-state index contributed by atoms with van der Waals surface area (Å²) in [4.78, 5) is 22.4. The molecule has 1 aromatic rings. The van der Waals surface area contributed by atoms with E-state index in [-0.39, 0.29) is 18.9 Å². The Bertz CT molecular complexity index is 403. The number of carboxylic acids is 1. The number of aliphatic carboxylic acids is 1. The lowest BCUT2D eigenvalue weighted by atomic mass is 10.2. The predicted molar refractivity (Wildman–Crippen MR) is 61.5 cm³/mol. The van der Waals surface area contributed by atoms with E-state index >= 15 is 0 Å². The molecule has 0 aromatic carbocycles. The minimum absolute atomic E-state index is 0.0330. The monoisotopic (exact) mass is 259 g/mol. The third-order valence-electron chi connectivity index (χ3n) is 2.04. The van der Waals surface area contributed by atoms with Gasteiger partial charge in [0, 0.05) is 13.0 Å². The van der Waals surface area contributed by atoms with Crippen molar-refractivity contribution >= 4 is 23.2 Å². The van der Waals surface area contributed by atoms with Crippen LogP contribution in [0.4, 0.5) is 0 Å². The Labute approximate surface area is 102 Å². The molecule has 1 aromatic heterocycles. The summed E-state index contributed by atoms with van der Waals surface area (Å²) < 4.78 is 4.98. The minimum Gasteiger partial charge on any atom is -0.495 e. The summed E-state index contributed by atoms with van der Waals surface area (Å²) in [5.74, 6) is -1.16. The van der Waals surface area contributed by atoms with E-state index in [0.29, 0.717) is 10.6 Å². The van der Waals surface area contributed by atoms with Crippen LogP contribution < -0.4 is 10.1 Å². The quantitative estimate of drug-likeness (QED) is 0.684. The van der Waals surface area contributed by atoms with Gasteiger partial charge in [-0.05, 0) is 11.4 Å². The highest BCUT2D eigenvalue weighted by atomic mass is 32.1. The van der Waals surface area contributed by atoms with Gasteiger partial charge in [-0.3, -0.25) is 4.79 Å². The average Bonchev–Trinajstić information content (AvgIpc) is 2.76. The normalized spacial score (nSPS) is 11.9. The molecule has 0 aliphatic heterocycles. The van der Waals surface area contributed by atoms with Gasteiger partial charge in [0.05, 0.1) is 7.11 Å². The Kier molecular flexibility index (Phi) is 4.92. The van der Waals surface area contributed by atoms with Crippen LogP contribution in [0.25, 0.3) is 0 Å². The molecule has 1 amide bonds. The SMILES string of the molecule is COc1ccsc1C(=O)NCC[C@H](O)C(=O)O. The Balaban J connectivity index is 2.43. The molecule has 6 nitrogen and oxygen atoms in total. The number of aliphatic hydroxyl groups is 1. The summed E-state index contributed by atoms with van der Waals surface area (Å²) in [6.45, 7) is 0.0906. The second kappa shape index (κ2) is 6.21.